The Morgan fingerprint density at radius 1 is 0.656 bits per heavy atom. The Hall–Kier alpha value is -0.650. The van der Waals surface area contributed by atoms with E-state index in [2.05, 4.69) is 19.2 Å². The van der Waals surface area contributed by atoms with Crippen LogP contribution in [0.1, 0.15) is 142 Å². The van der Waals surface area contributed by atoms with E-state index in [9.17, 15) is 20.1 Å². The molecule has 0 aliphatic heterocycles. The molecule has 1 amide bonds. The molecule has 0 aliphatic rings. The highest BCUT2D eigenvalue weighted by Crippen LogP contribution is 2.15. The fourth-order valence-electron chi connectivity index (χ4n) is 4.22. The number of hydrogen-bond acceptors (Lipinski definition) is 4. The van der Waals surface area contributed by atoms with Crippen LogP contribution >= 0.6 is 0 Å². The van der Waals surface area contributed by atoms with Crippen LogP contribution in [0.3, 0.4) is 0 Å². The number of carbonyl (C=O) groups is 1. The molecule has 0 aliphatic carbocycles. The second-order valence-corrected chi connectivity index (χ2v) is 9.61. The third-order valence-corrected chi connectivity index (χ3v) is 6.46. The number of nitrogens with one attached hydrogen (secondary N) is 1. The van der Waals surface area contributed by atoms with E-state index in [0.29, 0.717) is 12.8 Å². The summed E-state index contributed by atoms with van der Waals surface area (Å²) in [7, 11) is 0. The van der Waals surface area contributed by atoms with Crippen molar-refractivity contribution >= 4 is 5.91 Å². The molecule has 0 spiro atoms. The number of hydrogen-bond donors (Lipinski definition) is 4. The maximum Gasteiger partial charge on any atom is 0.220 e. The van der Waals surface area contributed by atoms with Gasteiger partial charge in [0.1, 0.15) is 6.10 Å². The molecule has 192 valence electrons. The molecule has 4 N–H and O–H groups in total. The van der Waals surface area contributed by atoms with Crippen molar-refractivity contribution in [2.24, 2.45) is 0 Å². The Labute approximate surface area is 198 Å². The lowest BCUT2D eigenvalue weighted by Crippen LogP contribution is -2.50. The van der Waals surface area contributed by atoms with Crippen molar-refractivity contribution in [1.82, 2.24) is 5.32 Å². The van der Waals surface area contributed by atoms with Gasteiger partial charge in [0.15, 0.2) is 0 Å². The van der Waals surface area contributed by atoms with Crippen molar-refractivity contribution in [2.75, 3.05) is 6.61 Å². The van der Waals surface area contributed by atoms with E-state index < -0.39 is 18.2 Å². The minimum Gasteiger partial charge on any atom is -0.394 e. The van der Waals surface area contributed by atoms with E-state index in [0.717, 1.165) is 38.5 Å². The SMILES string of the molecule is CCCCCCCCCCCCCCC(O)C(O)C(CO)NC(=O)CCCCCCCC. The molecule has 32 heavy (non-hydrogen) atoms. The van der Waals surface area contributed by atoms with Crippen LogP contribution in [-0.2, 0) is 4.79 Å². The number of aliphatic hydroxyl groups excluding tert-OH is 3. The van der Waals surface area contributed by atoms with Gasteiger partial charge in [0.2, 0.25) is 5.91 Å². The van der Waals surface area contributed by atoms with Gasteiger partial charge >= 0.3 is 0 Å². The van der Waals surface area contributed by atoms with Gasteiger partial charge in [-0.3, -0.25) is 4.79 Å². The molecular formula is C27H55NO4. The van der Waals surface area contributed by atoms with E-state index >= 15 is 0 Å². The van der Waals surface area contributed by atoms with Gasteiger partial charge in [-0.2, -0.15) is 0 Å². The van der Waals surface area contributed by atoms with Crippen LogP contribution in [0.15, 0.2) is 0 Å². The van der Waals surface area contributed by atoms with Crippen molar-refractivity contribution in [3.05, 3.63) is 0 Å². The molecule has 0 heterocycles. The van der Waals surface area contributed by atoms with E-state index in [1.165, 1.54) is 77.0 Å². The second-order valence-electron chi connectivity index (χ2n) is 9.61. The van der Waals surface area contributed by atoms with Gasteiger partial charge in [-0.15, -0.1) is 0 Å². The summed E-state index contributed by atoms with van der Waals surface area (Å²) < 4.78 is 0. The third kappa shape index (κ3) is 18.9. The monoisotopic (exact) mass is 457 g/mol. The Kier molecular flexibility index (Phi) is 23.0. The van der Waals surface area contributed by atoms with Gasteiger partial charge in [0.25, 0.3) is 0 Å². The lowest BCUT2D eigenvalue weighted by Gasteiger charge is -2.26. The number of rotatable bonds is 24. The molecule has 0 saturated heterocycles. The summed E-state index contributed by atoms with van der Waals surface area (Å²) in [5.41, 5.74) is 0. The molecule has 0 rings (SSSR count). The normalized spacial score (nSPS) is 14.3. The molecule has 0 saturated carbocycles. The maximum absolute atomic E-state index is 12.1. The molecule has 5 nitrogen and oxygen atoms in total. The zero-order chi connectivity index (χ0) is 23.9. The lowest BCUT2D eigenvalue weighted by molar-refractivity contribution is -0.124. The Balaban J connectivity index is 3.76. The zero-order valence-corrected chi connectivity index (χ0v) is 21.3. The number of amides is 1. The molecule has 5 heteroatoms. The topological polar surface area (TPSA) is 89.8 Å². The summed E-state index contributed by atoms with van der Waals surface area (Å²) >= 11 is 0. The summed E-state index contributed by atoms with van der Waals surface area (Å²) in [5.74, 6) is -0.156. The fraction of sp³-hybridized carbons (Fsp3) is 0.963. The lowest BCUT2D eigenvalue weighted by atomic mass is 9.99. The molecule has 0 aromatic heterocycles. The smallest absolute Gasteiger partial charge is 0.220 e. The predicted octanol–water partition coefficient (Wildman–Crippen LogP) is 6.03. The molecule has 0 bridgehead atoms. The zero-order valence-electron chi connectivity index (χ0n) is 21.3. The largest absolute Gasteiger partial charge is 0.394 e. The highest BCUT2D eigenvalue weighted by molar-refractivity contribution is 5.76. The summed E-state index contributed by atoms with van der Waals surface area (Å²) in [6, 6.07) is -0.796. The van der Waals surface area contributed by atoms with Crippen molar-refractivity contribution in [3.63, 3.8) is 0 Å². The van der Waals surface area contributed by atoms with E-state index in [-0.39, 0.29) is 12.5 Å². The molecule has 0 fully saturated rings. The van der Waals surface area contributed by atoms with Crippen molar-refractivity contribution in [2.45, 2.75) is 161 Å². The van der Waals surface area contributed by atoms with Crippen molar-refractivity contribution < 1.29 is 20.1 Å². The Morgan fingerprint density at radius 3 is 1.50 bits per heavy atom. The number of unbranched alkanes of at least 4 members (excludes halogenated alkanes) is 16. The Morgan fingerprint density at radius 2 is 1.06 bits per heavy atom. The molecule has 0 aromatic carbocycles. The first-order valence-corrected chi connectivity index (χ1v) is 13.8. The van der Waals surface area contributed by atoms with Gasteiger partial charge in [-0.05, 0) is 12.8 Å². The van der Waals surface area contributed by atoms with Crippen LogP contribution in [0.2, 0.25) is 0 Å². The number of carbonyl (C=O) groups excluding carboxylic acids is 1. The second kappa shape index (κ2) is 23.5. The van der Waals surface area contributed by atoms with Crippen molar-refractivity contribution in [3.8, 4) is 0 Å². The highest BCUT2D eigenvalue weighted by Gasteiger charge is 2.26. The number of aliphatic hydroxyl groups is 3. The standard InChI is InChI=1S/C27H55NO4/c1-3-5-7-9-11-12-13-14-15-16-17-19-21-25(30)27(32)24(23-29)28-26(31)22-20-18-10-8-6-4-2/h24-25,27,29-30,32H,3-23H2,1-2H3,(H,28,31). The van der Waals surface area contributed by atoms with Crippen molar-refractivity contribution in [1.29, 1.82) is 0 Å². The average molecular weight is 458 g/mol. The van der Waals surface area contributed by atoms with E-state index in [1.54, 1.807) is 0 Å². The van der Waals surface area contributed by atoms with Crippen LogP contribution in [0.4, 0.5) is 0 Å². The first-order valence-electron chi connectivity index (χ1n) is 13.8. The van der Waals surface area contributed by atoms with E-state index in [4.69, 9.17) is 0 Å². The van der Waals surface area contributed by atoms with Gasteiger partial charge in [0, 0.05) is 6.42 Å². The maximum atomic E-state index is 12.1. The van der Waals surface area contributed by atoms with Gasteiger partial charge in [0.05, 0.1) is 18.8 Å². The Bertz CT molecular complexity index is 405. The minimum absolute atomic E-state index is 0.156. The van der Waals surface area contributed by atoms with Crippen LogP contribution in [0, 0.1) is 0 Å². The molecule has 0 aromatic rings. The first kappa shape index (κ1) is 31.4. The van der Waals surface area contributed by atoms with Gasteiger partial charge in [-0.25, -0.2) is 0 Å². The predicted molar refractivity (Wildman–Crippen MR) is 135 cm³/mol. The fourth-order valence-corrected chi connectivity index (χ4v) is 4.22. The minimum atomic E-state index is -1.12. The average Bonchev–Trinajstić information content (AvgIpc) is 2.79. The molecular weight excluding hydrogens is 402 g/mol. The van der Waals surface area contributed by atoms with Crippen LogP contribution in [0.5, 0.6) is 0 Å². The van der Waals surface area contributed by atoms with Gasteiger partial charge < -0.3 is 20.6 Å². The summed E-state index contributed by atoms with van der Waals surface area (Å²) in [5, 5.41) is 32.9. The quantitative estimate of drug-likeness (QED) is 0.133. The van der Waals surface area contributed by atoms with Crippen LogP contribution in [0.25, 0.3) is 0 Å². The molecule has 0 radical (unpaired) electrons. The van der Waals surface area contributed by atoms with Gasteiger partial charge in [-0.1, -0.05) is 123 Å². The summed E-state index contributed by atoms with van der Waals surface area (Å²) in [6.45, 7) is 4.07. The highest BCUT2D eigenvalue weighted by atomic mass is 16.3. The summed E-state index contributed by atoms with van der Waals surface area (Å²) in [6.07, 6.45) is 20.6. The van der Waals surface area contributed by atoms with Crippen LogP contribution < -0.4 is 5.32 Å². The molecule has 3 unspecified atom stereocenters. The van der Waals surface area contributed by atoms with E-state index in [1.807, 2.05) is 0 Å². The molecule has 3 atom stereocenters. The first-order chi connectivity index (χ1) is 15.6. The third-order valence-electron chi connectivity index (χ3n) is 6.46. The van der Waals surface area contributed by atoms with Crippen LogP contribution in [-0.4, -0.2) is 46.1 Å². The summed E-state index contributed by atoms with van der Waals surface area (Å²) in [4.78, 5) is 12.1.